The number of aromatic amines is 1. The van der Waals surface area contributed by atoms with Gasteiger partial charge in [-0.1, -0.05) is 30.3 Å². The standard InChI is InChI=1S/C17H12FN3S/c18-15-8-12(10-19)6-7-16(15)21-22-14-9-17(20-11-14)13-4-2-1-3-5-13/h1-9,11,20-21H. The first-order valence-corrected chi connectivity index (χ1v) is 7.44. The number of benzene rings is 2. The quantitative estimate of drug-likeness (QED) is 0.680. The Kier molecular flexibility index (Phi) is 4.12. The van der Waals surface area contributed by atoms with Crippen molar-refractivity contribution in [3.8, 4) is 17.3 Å². The molecule has 3 rings (SSSR count). The summed E-state index contributed by atoms with van der Waals surface area (Å²) in [6, 6.07) is 18.2. The van der Waals surface area contributed by atoms with Gasteiger partial charge in [-0.25, -0.2) is 4.39 Å². The number of nitrogens with zero attached hydrogens (tertiary/aromatic N) is 1. The average molecular weight is 309 g/mol. The van der Waals surface area contributed by atoms with E-state index in [9.17, 15) is 4.39 Å². The number of aromatic nitrogens is 1. The molecule has 2 aromatic carbocycles. The number of hydrogen-bond acceptors (Lipinski definition) is 3. The summed E-state index contributed by atoms with van der Waals surface area (Å²) in [5.74, 6) is -0.439. The second-order valence-corrected chi connectivity index (χ2v) is 5.51. The maximum Gasteiger partial charge on any atom is 0.148 e. The van der Waals surface area contributed by atoms with Gasteiger partial charge in [0.1, 0.15) is 5.82 Å². The first-order valence-electron chi connectivity index (χ1n) is 6.62. The Bertz CT molecular complexity index is 821. The van der Waals surface area contributed by atoms with Crippen molar-refractivity contribution in [2.24, 2.45) is 0 Å². The van der Waals surface area contributed by atoms with Gasteiger partial charge in [0.25, 0.3) is 0 Å². The van der Waals surface area contributed by atoms with Crippen LogP contribution in [0.25, 0.3) is 11.3 Å². The molecule has 5 heteroatoms. The van der Waals surface area contributed by atoms with Gasteiger partial charge in [-0.3, -0.25) is 0 Å². The summed E-state index contributed by atoms with van der Waals surface area (Å²) in [4.78, 5) is 4.14. The van der Waals surface area contributed by atoms with Crippen molar-refractivity contribution in [2.45, 2.75) is 4.90 Å². The lowest BCUT2D eigenvalue weighted by atomic mass is 10.2. The third kappa shape index (κ3) is 3.13. The highest BCUT2D eigenvalue weighted by Crippen LogP contribution is 2.27. The van der Waals surface area contributed by atoms with E-state index in [0.29, 0.717) is 11.3 Å². The molecule has 0 aliphatic rings. The molecule has 0 saturated heterocycles. The molecule has 0 atom stereocenters. The van der Waals surface area contributed by atoms with E-state index >= 15 is 0 Å². The number of rotatable bonds is 4. The molecule has 0 fully saturated rings. The van der Waals surface area contributed by atoms with Crippen molar-refractivity contribution < 1.29 is 4.39 Å². The smallest absolute Gasteiger partial charge is 0.148 e. The van der Waals surface area contributed by atoms with Crippen LogP contribution in [0, 0.1) is 17.1 Å². The molecule has 0 spiro atoms. The van der Waals surface area contributed by atoms with Crippen molar-refractivity contribution in [2.75, 3.05) is 4.72 Å². The third-order valence-corrected chi connectivity index (χ3v) is 3.91. The predicted octanol–water partition coefficient (Wildman–Crippen LogP) is 4.81. The molecule has 1 heterocycles. The summed E-state index contributed by atoms with van der Waals surface area (Å²) >= 11 is 1.31. The number of nitrogens with one attached hydrogen (secondary N) is 2. The number of nitriles is 1. The van der Waals surface area contributed by atoms with Crippen LogP contribution in [0.4, 0.5) is 10.1 Å². The van der Waals surface area contributed by atoms with E-state index in [4.69, 9.17) is 5.26 Å². The summed E-state index contributed by atoms with van der Waals surface area (Å²) in [5, 5.41) is 8.73. The Morgan fingerprint density at radius 2 is 1.91 bits per heavy atom. The van der Waals surface area contributed by atoms with Gasteiger partial charge in [-0.15, -0.1) is 0 Å². The second kappa shape index (κ2) is 6.37. The fourth-order valence-corrected chi connectivity index (χ4v) is 2.69. The minimum atomic E-state index is -0.439. The Morgan fingerprint density at radius 1 is 1.09 bits per heavy atom. The fourth-order valence-electron chi connectivity index (χ4n) is 2.00. The van der Waals surface area contributed by atoms with Gasteiger partial charge in [-0.2, -0.15) is 5.26 Å². The molecule has 0 unspecified atom stereocenters. The first kappa shape index (κ1) is 14.2. The van der Waals surface area contributed by atoms with Crippen LogP contribution in [0.3, 0.4) is 0 Å². The van der Waals surface area contributed by atoms with Gasteiger partial charge >= 0.3 is 0 Å². The van der Waals surface area contributed by atoms with E-state index in [1.807, 2.05) is 48.7 Å². The van der Waals surface area contributed by atoms with Gasteiger partial charge in [-0.05, 0) is 41.8 Å². The number of halogens is 1. The minimum absolute atomic E-state index is 0.307. The maximum absolute atomic E-state index is 13.8. The van der Waals surface area contributed by atoms with Crippen molar-refractivity contribution >= 4 is 17.6 Å². The number of hydrogen-bond donors (Lipinski definition) is 2. The van der Waals surface area contributed by atoms with E-state index in [-0.39, 0.29) is 0 Å². The highest BCUT2D eigenvalue weighted by atomic mass is 32.2. The fraction of sp³-hybridized carbons (Fsp3) is 0. The molecule has 3 aromatic rings. The first-order chi connectivity index (χ1) is 10.8. The summed E-state index contributed by atoms with van der Waals surface area (Å²) in [6.07, 6.45) is 1.86. The lowest BCUT2D eigenvalue weighted by Gasteiger charge is -2.05. The molecule has 2 N–H and O–H groups in total. The maximum atomic E-state index is 13.8. The molecule has 0 bridgehead atoms. The summed E-state index contributed by atoms with van der Waals surface area (Å²) in [5.41, 5.74) is 2.76. The normalized spacial score (nSPS) is 10.2. The van der Waals surface area contributed by atoms with Crippen LogP contribution in [0.2, 0.25) is 0 Å². The molecular weight excluding hydrogens is 297 g/mol. The molecule has 22 heavy (non-hydrogen) atoms. The molecule has 1 aromatic heterocycles. The van der Waals surface area contributed by atoms with Crippen LogP contribution < -0.4 is 4.72 Å². The molecule has 108 valence electrons. The van der Waals surface area contributed by atoms with Crippen LogP contribution in [0.5, 0.6) is 0 Å². The minimum Gasteiger partial charge on any atom is -0.360 e. The Labute approximate surface area is 131 Å². The zero-order chi connectivity index (χ0) is 15.4. The molecule has 3 nitrogen and oxygen atoms in total. The summed E-state index contributed by atoms with van der Waals surface area (Å²) < 4.78 is 16.7. The average Bonchev–Trinajstić information content (AvgIpc) is 3.03. The van der Waals surface area contributed by atoms with Crippen molar-refractivity contribution in [1.82, 2.24) is 4.98 Å². The van der Waals surface area contributed by atoms with E-state index in [1.165, 1.54) is 18.0 Å². The zero-order valence-electron chi connectivity index (χ0n) is 11.5. The van der Waals surface area contributed by atoms with Crippen LogP contribution in [-0.4, -0.2) is 4.98 Å². The lowest BCUT2D eigenvalue weighted by molar-refractivity contribution is 0.632. The summed E-state index contributed by atoms with van der Waals surface area (Å²) in [6.45, 7) is 0. The Morgan fingerprint density at radius 3 is 2.64 bits per heavy atom. The molecule has 0 radical (unpaired) electrons. The third-order valence-electron chi connectivity index (χ3n) is 3.12. The van der Waals surface area contributed by atoms with Crippen LogP contribution in [0.1, 0.15) is 5.56 Å². The van der Waals surface area contributed by atoms with Crippen LogP contribution >= 0.6 is 11.9 Å². The van der Waals surface area contributed by atoms with E-state index in [1.54, 1.807) is 12.1 Å². The van der Waals surface area contributed by atoms with Crippen LogP contribution in [-0.2, 0) is 0 Å². The van der Waals surface area contributed by atoms with Gasteiger partial charge < -0.3 is 9.71 Å². The van der Waals surface area contributed by atoms with E-state index < -0.39 is 5.82 Å². The SMILES string of the molecule is N#Cc1ccc(NSc2c[nH]c(-c3ccccc3)c2)c(F)c1. The molecule has 0 saturated carbocycles. The summed E-state index contributed by atoms with van der Waals surface area (Å²) in [7, 11) is 0. The molecule has 0 amide bonds. The second-order valence-electron chi connectivity index (χ2n) is 4.63. The highest BCUT2D eigenvalue weighted by molar-refractivity contribution is 8.00. The largest absolute Gasteiger partial charge is 0.360 e. The van der Waals surface area contributed by atoms with Gasteiger partial charge in [0.2, 0.25) is 0 Å². The van der Waals surface area contributed by atoms with Crippen molar-refractivity contribution in [3.05, 3.63) is 72.2 Å². The van der Waals surface area contributed by atoms with Gasteiger partial charge in [0.05, 0.1) is 17.3 Å². The van der Waals surface area contributed by atoms with Crippen molar-refractivity contribution in [3.63, 3.8) is 0 Å². The zero-order valence-corrected chi connectivity index (χ0v) is 12.3. The monoisotopic (exact) mass is 309 g/mol. The van der Waals surface area contributed by atoms with Crippen LogP contribution in [0.15, 0.2) is 65.7 Å². The van der Waals surface area contributed by atoms with Crippen molar-refractivity contribution in [1.29, 1.82) is 5.26 Å². The van der Waals surface area contributed by atoms with E-state index in [2.05, 4.69) is 9.71 Å². The highest BCUT2D eigenvalue weighted by Gasteiger charge is 2.06. The molecule has 0 aliphatic carbocycles. The molecule has 0 aliphatic heterocycles. The van der Waals surface area contributed by atoms with Gasteiger partial charge in [0.15, 0.2) is 0 Å². The van der Waals surface area contributed by atoms with E-state index in [0.717, 1.165) is 16.2 Å². The Hall–Kier alpha value is -2.71. The van der Waals surface area contributed by atoms with Gasteiger partial charge in [0, 0.05) is 16.8 Å². The molecular formula is C17H12FN3S. The number of anilines is 1. The topological polar surface area (TPSA) is 51.6 Å². The number of H-pyrrole nitrogens is 1. The predicted molar refractivity (Wildman–Crippen MR) is 86.8 cm³/mol. The lowest BCUT2D eigenvalue weighted by Crippen LogP contribution is -1.91. The Balaban J connectivity index is 1.70.